The van der Waals surface area contributed by atoms with Gasteiger partial charge in [0, 0.05) is 4.47 Å². The highest BCUT2D eigenvalue weighted by atomic mass is 79.9. The van der Waals surface area contributed by atoms with Gasteiger partial charge in [-0.3, -0.25) is 0 Å². The van der Waals surface area contributed by atoms with E-state index in [9.17, 15) is 8.78 Å². The van der Waals surface area contributed by atoms with Crippen molar-refractivity contribution in [2.75, 3.05) is 0 Å². The average Bonchev–Trinajstić information content (AvgIpc) is 2.33. The van der Waals surface area contributed by atoms with Gasteiger partial charge in [-0.25, -0.2) is 8.78 Å². The van der Waals surface area contributed by atoms with Gasteiger partial charge in [-0.2, -0.15) is 5.26 Å². The molecule has 0 bridgehead atoms. The van der Waals surface area contributed by atoms with Gasteiger partial charge in [-0.1, -0.05) is 28.1 Å². The number of hydrogen-bond acceptors (Lipinski definition) is 1. The Hall–Kier alpha value is -1.73. The molecule has 2 aromatic rings. The third kappa shape index (κ3) is 2.74. The Morgan fingerprint density at radius 1 is 1.17 bits per heavy atom. The summed E-state index contributed by atoms with van der Waals surface area (Å²) >= 11 is 3.24. The molecule has 0 atom stereocenters. The maximum Gasteiger partial charge on any atom is 0.142 e. The topological polar surface area (TPSA) is 23.8 Å². The summed E-state index contributed by atoms with van der Waals surface area (Å²) in [5.74, 6) is -0.876. The van der Waals surface area contributed by atoms with E-state index in [0.717, 1.165) is 11.1 Å². The summed E-state index contributed by atoms with van der Waals surface area (Å²) in [6.45, 7) is 0. The molecule has 0 N–H and O–H groups in total. The predicted molar refractivity (Wildman–Crippen MR) is 68.0 cm³/mol. The van der Waals surface area contributed by atoms with Crippen molar-refractivity contribution >= 4 is 15.9 Å². The molecule has 0 aliphatic heterocycles. The van der Waals surface area contributed by atoms with E-state index in [2.05, 4.69) is 15.9 Å². The molecule has 90 valence electrons. The molecule has 0 saturated heterocycles. The number of nitriles is 1. The Bertz CT molecular complexity index is 632. The van der Waals surface area contributed by atoms with Crippen molar-refractivity contribution < 1.29 is 8.78 Å². The average molecular weight is 308 g/mol. The molecule has 1 nitrogen and oxygen atoms in total. The normalized spacial score (nSPS) is 10.1. The number of nitrogens with zero attached hydrogens (tertiary/aromatic N) is 1. The molecule has 0 amide bonds. The van der Waals surface area contributed by atoms with Crippen LogP contribution in [-0.4, -0.2) is 0 Å². The van der Waals surface area contributed by atoms with Gasteiger partial charge < -0.3 is 0 Å². The first-order chi connectivity index (χ1) is 8.60. The summed E-state index contributed by atoms with van der Waals surface area (Å²) < 4.78 is 26.9. The zero-order valence-corrected chi connectivity index (χ0v) is 10.8. The summed E-state index contributed by atoms with van der Waals surface area (Å²) in [4.78, 5) is 0. The standard InChI is InChI=1S/C14H8BrF2N/c15-13-7-14(17)11(8-18)6-10(13)4-9-2-1-3-12(16)5-9/h1-3,5-7H,4H2. The fourth-order valence-corrected chi connectivity index (χ4v) is 2.14. The summed E-state index contributed by atoms with van der Waals surface area (Å²) in [6, 6.07) is 10.7. The van der Waals surface area contributed by atoms with Crippen LogP contribution in [0.4, 0.5) is 8.78 Å². The van der Waals surface area contributed by atoms with E-state index in [1.807, 2.05) is 0 Å². The smallest absolute Gasteiger partial charge is 0.142 e. The Balaban J connectivity index is 2.38. The highest BCUT2D eigenvalue weighted by Crippen LogP contribution is 2.23. The molecule has 0 radical (unpaired) electrons. The molecule has 0 saturated carbocycles. The lowest BCUT2D eigenvalue weighted by Gasteiger charge is -2.06. The molecule has 2 rings (SSSR count). The van der Waals surface area contributed by atoms with Gasteiger partial charge in [0.1, 0.15) is 17.7 Å². The van der Waals surface area contributed by atoms with Crippen LogP contribution in [0.5, 0.6) is 0 Å². The minimum absolute atomic E-state index is 0.00963. The van der Waals surface area contributed by atoms with Crippen LogP contribution in [0.25, 0.3) is 0 Å². The second-order valence-corrected chi connectivity index (χ2v) is 4.70. The van der Waals surface area contributed by atoms with E-state index in [-0.39, 0.29) is 11.4 Å². The van der Waals surface area contributed by atoms with Crippen LogP contribution in [0.1, 0.15) is 16.7 Å². The second-order valence-electron chi connectivity index (χ2n) is 3.84. The summed E-state index contributed by atoms with van der Waals surface area (Å²) in [6.07, 6.45) is 0.438. The van der Waals surface area contributed by atoms with E-state index < -0.39 is 5.82 Å². The molecule has 18 heavy (non-hydrogen) atoms. The lowest BCUT2D eigenvalue weighted by molar-refractivity contribution is 0.621. The van der Waals surface area contributed by atoms with Gasteiger partial charge >= 0.3 is 0 Å². The van der Waals surface area contributed by atoms with Crippen LogP contribution in [0, 0.1) is 23.0 Å². The SMILES string of the molecule is N#Cc1cc(Cc2cccc(F)c2)c(Br)cc1F. The lowest BCUT2D eigenvalue weighted by atomic mass is 10.0. The van der Waals surface area contributed by atoms with Crippen molar-refractivity contribution in [3.63, 3.8) is 0 Å². The Kier molecular flexibility index (Phi) is 3.73. The van der Waals surface area contributed by atoms with Gasteiger partial charge in [-0.15, -0.1) is 0 Å². The zero-order valence-electron chi connectivity index (χ0n) is 9.25. The van der Waals surface area contributed by atoms with Crippen LogP contribution in [0.2, 0.25) is 0 Å². The van der Waals surface area contributed by atoms with E-state index in [1.54, 1.807) is 18.2 Å². The van der Waals surface area contributed by atoms with Crippen molar-refractivity contribution in [1.82, 2.24) is 0 Å². The van der Waals surface area contributed by atoms with Crippen molar-refractivity contribution in [2.24, 2.45) is 0 Å². The Labute approximate surface area is 112 Å². The van der Waals surface area contributed by atoms with Crippen molar-refractivity contribution in [3.05, 3.63) is 69.2 Å². The Morgan fingerprint density at radius 2 is 1.94 bits per heavy atom. The van der Waals surface area contributed by atoms with Crippen molar-refractivity contribution in [1.29, 1.82) is 5.26 Å². The summed E-state index contributed by atoms with van der Waals surface area (Å²) in [5.41, 5.74) is 1.51. The van der Waals surface area contributed by atoms with E-state index in [4.69, 9.17) is 5.26 Å². The highest BCUT2D eigenvalue weighted by Gasteiger charge is 2.09. The van der Waals surface area contributed by atoms with Crippen LogP contribution in [0.3, 0.4) is 0 Å². The molecular formula is C14H8BrF2N. The summed E-state index contributed by atoms with van der Waals surface area (Å²) in [7, 11) is 0. The first-order valence-corrected chi connectivity index (χ1v) is 6.02. The molecule has 0 fully saturated rings. The van der Waals surface area contributed by atoms with Crippen LogP contribution < -0.4 is 0 Å². The first-order valence-electron chi connectivity index (χ1n) is 5.22. The minimum atomic E-state index is -0.563. The molecule has 2 aromatic carbocycles. The Morgan fingerprint density at radius 3 is 2.61 bits per heavy atom. The van der Waals surface area contributed by atoms with Crippen molar-refractivity contribution in [3.8, 4) is 6.07 Å². The van der Waals surface area contributed by atoms with Gasteiger partial charge in [0.15, 0.2) is 0 Å². The number of benzene rings is 2. The van der Waals surface area contributed by atoms with E-state index in [0.29, 0.717) is 10.9 Å². The van der Waals surface area contributed by atoms with Crippen LogP contribution in [-0.2, 0) is 6.42 Å². The molecule has 0 unspecified atom stereocenters. The molecule has 0 aliphatic carbocycles. The van der Waals surface area contributed by atoms with Gasteiger partial charge in [-0.05, 0) is 41.8 Å². The molecule has 4 heteroatoms. The fourth-order valence-electron chi connectivity index (χ4n) is 1.68. The molecular weight excluding hydrogens is 300 g/mol. The predicted octanol–water partition coefficient (Wildman–Crippen LogP) is 4.19. The largest absolute Gasteiger partial charge is 0.207 e. The first kappa shape index (κ1) is 12.7. The van der Waals surface area contributed by atoms with Crippen molar-refractivity contribution in [2.45, 2.75) is 6.42 Å². The maximum absolute atomic E-state index is 13.3. The van der Waals surface area contributed by atoms with Gasteiger partial charge in [0.05, 0.1) is 5.56 Å². The number of hydrogen-bond donors (Lipinski definition) is 0. The van der Waals surface area contributed by atoms with Gasteiger partial charge in [0.2, 0.25) is 0 Å². The van der Waals surface area contributed by atoms with E-state index in [1.165, 1.54) is 24.3 Å². The molecule has 0 aromatic heterocycles. The molecule has 0 heterocycles. The third-order valence-corrected chi connectivity index (χ3v) is 3.28. The zero-order chi connectivity index (χ0) is 13.1. The maximum atomic E-state index is 13.3. The number of rotatable bonds is 2. The highest BCUT2D eigenvalue weighted by molar-refractivity contribution is 9.10. The fraction of sp³-hybridized carbons (Fsp3) is 0.0714. The number of halogens is 3. The molecule has 0 spiro atoms. The van der Waals surface area contributed by atoms with Crippen LogP contribution in [0.15, 0.2) is 40.9 Å². The van der Waals surface area contributed by atoms with E-state index >= 15 is 0 Å². The quantitative estimate of drug-likeness (QED) is 0.816. The van der Waals surface area contributed by atoms with Crippen LogP contribution >= 0.6 is 15.9 Å². The monoisotopic (exact) mass is 307 g/mol. The molecule has 0 aliphatic rings. The second kappa shape index (κ2) is 5.28. The minimum Gasteiger partial charge on any atom is -0.207 e. The summed E-state index contributed by atoms with van der Waals surface area (Å²) in [5, 5.41) is 8.78. The lowest BCUT2D eigenvalue weighted by Crippen LogP contribution is -1.94. The third-order valence-electron chi connectivity index (χ3n) is 2.54. The van der Waals surface area contributed by atoms with Gasteiger partial charge in [0.25, 0.3) is 0 Å².